The molecule has 2 heterocycles. The SMILES string of the molecule is C=CC(=O)Nc1cccc(-c2cccc3cnc(Nc4ccc(NC5CN(C(=O)OC(C)(C)C)C5)cc4OC)nc23)c1. The first-order chi connectivity index (χ1) is 20.1. The highest BCUT2D eigenvalue weighted by molar-refractivity contribution is 6.00. The van der Waals surface area contributed by atoms with Crippen molar-refractivity contribution in [1.82, 2.24) is 14.9 Å². The first kappa shape index (κ1) is 28.4. The number of hydrogen-bond acceptors (Lipinski definition) is 8. The Bertz CT molecular complexity index is 1640. The minimum absolute atomic E-state index is 0.117. The molecule has 1 aliphatic heterocycles. The molecule has 4 aromatic rings. The van der Waals surface area contributed by atoms with Gasteiger partial charge in [-0.1, -0.05) is 36.9 Å². The van der Waals surface area contributed by atoms with Gasteiger partial charge in [-0.2, -0.15) is 0 Å². The fraction of sp³-hybridized carbons (Fsp3) is 0.250. The first-order valence-corrected chi connectivity index (χ1v) is 13.6. The summed E-state index contributed by atoms with van der Waals surface area (Å²) < 4.78 is 11.1. The molecule has 1 saturated heterocycles. The van der Waals surface area contributed by atoms with Crippen LogP contribution < -0.4 is 20.7 Å². The molecule has 3 N–H and O–H groups in total. The van der Waals surface area contributed by atoms with Crippen molar-refractivity contribution in [3.8, 4) is 16.9 Å². The Balaban J connectivity index is 1.31. The molecule has 10 nitrogen and oxygen atoms in total. The maximum absolute atomic E-state index is 12.2. The van der Waals surface area contributed by atoms with Gasteiger partial charge >= 0.3 is 6.09 Å². The number of amides is 2. The molecule has 0 radical (unpaired) electrons. The summed E-state index contributed by atoms with van der Waals surface area (Å²) in [5.74, 6) is 0.757. The lowest BCUT2D eigenvalue weighted by atomic mass is 10.0. The van der Waals surface area contributed by atoms with E-state index in [-0.39, 0.29) is 18.0 Å². The van der Waals surface area contributed by atoms with Crippen molar-refractivity contribution in [2.24, 2.45) is 0 Å². The lowest BCUT2D eigenvalue weighted by Crippen LogP contribution is -2.57. The van der Waals surface area contributed by atoms with Crippen LogP contribution in [0.2, 0.25) is 0 Å². The van der Waals surface area contributed by atoms with Crippen molar-refractivity contribution >= 4 is 45.9 Å². The average molecular weight is 567 g/mol. The Kier molecular flexibility index (Phi) is 7.97. The average Bonchev–Trinajstić information content (AvgIpc) is 2.94. The molecule has 3 aromatic carbocycles. The van der Waals surface area contributed by atoms with Crippen LogP contribution in [0.25, 0.3) is 22.0 Å². The first-order valence-electron chi connectivity index (χ1n) is 13.6. The molecule has 0 spiro atoms. The third-order valence-electron chi connectivity index (χ3n) is 6.59. The molecule has 42 heavy (non-hydrogen) atoms. The number of para-hydroxylation sites is 1. The van der Waals surface area contributed by atoms with Gasteiger partial charge in [0.2, 0.25) is 11.9 Å². The van der Waals surface area contributed by atoms with E-state index in [1.54, 1.807) is 18.2 Å². The number of anilines is 4. The smallest absolute Gasteiger partial charge is 0.410 e. The largest absolute Gasteiger partial charge is 0.494 e. The molecule has 2 amide bonds. The van der Waals surface area contributed by atoms with E-state index >= 15 is 0 Å². The number of nitrogens with one attached hydrogen (secondary N) is 3. The van der Waals surface area contributed by atoms with E-state index in [0.717, 1.165) is 27.7 Å². The summed E-state index contributed by atoms with van der Waals surface area (Å²) in [7, 11) is 1.61. The number of methoxy groups -OCH3 is 1. The van der Waals surface area contributed by atoms with E-state index in [1.807, 2.05) is 81.4 Å². The molecule has 0 bridgehead atoms. The van der Waals surface area contributed by atoms with Gasteiger partial charge in [0.1, 0.15) is 11.4 Å². The van der Waals surface area contributed by atoms with Crippen molar-refractivity contribution < 1.29 is 19.1 Å². The van der Waals surface area contributed by atoms with Crippen LogP contribution in [0.3, 0.4) is 0 Å². The fourth-order valence-electron chi connectivity index (χ4n) is 4.59. The number of hydrogen-bond donors (Lipinski definition) is 3. The number of rotatable bonds is 8. The Morgan fingerprint density at radius 1 is 1.05 bits per heavy atom. The topological polar surface area (TPSA) is 118 Å². The van der Waals surface area contributed by atoms with E-state index in [2.05, 4.69) is 27.5 Å². The second-order valence-electron chi connectivity index (χ2n) is 11.0. The molecule has 1 aromatic heterocycles. The minimum atomic E-state index is -0.516. The van der Waals surface area contributed by atoms with Gasteiger partial charge in [0, 0.05) is 47.7 Å². The Labute approximate surface area is 244 Å². The summed E-state index contributed by atoms with van der Waals surface area (Å²) >= 11 is 0. The maximum atomic E-state index is 12.2. The Hall–Kier alpha value is -5.12. The molecule has 0 saturated carbocycles. The van der Waals surface area contributed by atoms with Crippen LogP contribution in [-0.2, 0) is 9.53 Å². The molecular weight excluding hydrogens is 532 g/mol. The van der Waals surface area contributed by atoms with Gasteiger partial charge in [0.25, 0.3) is 0 Å². The highest BCUT2D eigenvalue weighted by Gasteiger charge is 2.33. The summed E-state index contributed by atoms with van der Waals surface area (Å²) in [6, 6.07) is 19.3. The zero-order chi connectivity index (χ0) is 29.9. The van der Waals surface area contributed by atoms with Crippen LogP contribution in [0.1, 0.15) is 20.8 Å². The molecule has 216 valence electrons. The number of aromatic nitrogens is 2. The van der Waals surface area contributed by atoms with Crippen LogP contribution in [0.15, 0.2) is 79.5 Å². The zero-order valence-corrected chi connectivity index (χ0v) is 24.1. The molecule has 0 aliphatic carbocycles. The molecule has 10 heteroatoms. The molecule has 0 unspecified atom stereocenters. The molecule has 1 aliphatic rings. The van der Waals surface area contributed by atoms with Crippen LogP contribution in [0.4, 0.5) is 27.8 Å². The van der Waals surface area contributed by atoms with Crippen molar-refractivity contribution in [2.75, 3.05) is 36.1 Å². The van der Waals surface area contributed by atoms with Crippen molar-refractivity contribution in [2.45, 2.75) is 32.4 Å². The molecular formula is C32H34N6O4. The van der Waals surface area contributed by atoms with Gasteiger partial charge in [-0.15, -0.1) is 0 Å². The van der Waals surface area contributed by atoms with Gasteiger partial charge in [-0.25, -0.2) is 14.8 Å². The number of likely N-dealkylation sites (tertiary alicyclic amines) is 1. The lowest BCUT2D eigenvalue weighted by molar-refractivity contribution is -0.111. The standard InChI is InChI=1S/C32H34N6O4/c1-6-28(39)35-22-11-7-9-20(15-22)25-12-8-10-21-17-33-30(37-29(21)25)36-26-14-13-23(16-27(26)41-5)34-24-18-38(19-24)31(40)42-32(2,3)4/h6-17,24,34H,1,18-19H2,2-5H3,(H,35,39)(H,33,36,37). The summed E-state index contributed by atoms with van der Waals surface area (Å²) in [5, 5.41) is 10.4. The van der Waals surface area contributed by atoms with Crippen molar-refractivity contribution in [3.63, 3.8) is 0 Å². The van der Waals surface area contributed by atoms with Crippen LogP contribution in [-0.4, -0.2) is 58.7 Å². The fourth-order valence-corrected chi connectivity index (χ4v) is 4.59. The Morgan fingerprint density at radius 3 is 2.57 bits per heavy atom. The van der Waals surface area contributed by atoms with Gasteiger partial charge in [0.15, 0.2) is 0 Å². The second kappa shape index (κ2) is 11.8. The number of nitrogens with zero attached hydrogens (tertiary/aromatic N) is 3. The van der Waals surface area contributed by atoms with E-state index in [4.69, 9.17) is 14.5 Å². The van der Waals surface area contributed by atoms with Crippen molar-refractivity contribution in [3.05, 3.63) is 79.5 Å². The zero-order valence-electron chi connectivity index (χ0n) is 24.1. The summed E-state index contributed by atoms with van der Waals surface area (Å²) in [5.41, 5.74) is 4.30. The van der Waals surface area contributed by atoms with Crippen LogP contribution in [0.5, 0.6) is 5.75 Å². The summed E-state index contributed by atoms with van der Waals surface area (Å²) in [6.07, 6.45) is 2.70. The van der Waals surface area contributed by atoms with Gasteiger partial charge < -0.3 is 30.3 Å². The van der Waals surface area contributed by atoms with Crippen LogP contribution >= 0.6 is 0 Å². The number of benzene rings is 3. The van der Waals surface area contributed by atoms with Gasteiger partial charge in [-0.3, -0.25) is 4.79 Å². The van der Waals surface area contributed by atoms with E-state index in [1.165, 1.54) is 6.08 Å². The highest BCUT2D eigenvalue weighted by Crippen LogP contribution is 2.33. The normalized spacial score (nSPS) is 13.2. The molecule has 0 atom stereocenters. The number of carbonyl (C=O) groups excluding carboxylic acids is 2. The summed E-state index contributed by atoms with van der Waals surface area (Å²) in [6.45, 7) is 10.2. The second-order valence-corrected chi connectivity index (χ2v) is 11.0. The third kappa shape index (κ3) is 6.60. The Morgan fingerprint density at radius 2 is 1.83 bits per heavy atom. The van der Waals surface area contributed by atoms with Crippen molar-refractivity contribution in [1.29, 1.82) is 0 Å². The number of fused-ring (bicyclic) bond motifs is 1. The number of carbonyl (C=O) groups is 2. The van der Waals surface area contributed by atoms with E-state index in [9.17, 15) is 9.59 Å². The quantitative estimate of drug-likeness (QED) is 0.216. The predicted octanol–water partition coefficient (Wildman–Crippen LogP) is 6.20. The van der Waals surface area contributed by atoms with Crippen LogP contribution in [0, 0.1) is 0 Å². The molecule has 1 fully saturated rings. The number of ether oxygens (including phenoxy) is 2. The predicted molar refractivity (Wildman–Crippen MR) is 165 cm³/mol. The minimum Gasteiger partial charge on any atom is -0.494 e. The van der Waals surface area contributed by atoms with E-state index in [0.29, 0.717) is 36.2 Å². The van der Waals surface area contributed by atoms with Gasteiger partial charge in [-0.05, 0) is 56.7 Å². The van der Waals surface area contributed by atoms with Gasteiger partial charge in [0.05, 0.1) is 24.4 Å². The lowest BCUT2D eigenvalue weighted by Gasteiger charge is -2.40. The monoisotopic (exact) mass is 566 g/mol. The summed E-state index contributed by atoms with van der Waals surface area (Å²) in [4.78, 5) is 35.0. The van der Waals surface area contributed by atoms with E-state index < -0.39 is 5.60 Å². The third-order valence-corrected chi connectivity index (χ3v) is 6.59. The highest BCUT2D eigenvalue weighted by atomic mass is 16.6. The molecule has 5 rings (SSSR count). The maximum Gasteiger partial charge on any atom is 0.410 e.